The Kier molecular flexibility index (Phi) is 3.25. The van der Waals surface area contributed by atoms with Crippen molar-refractivity contribution in [2.24, 2.45) is 0 Å². The molecule has 0 bridgehead atoms. The highest BCUT2D eigenvalue weighted by Gasteiger charge is 2.23. The van der Waals surface area contributed by atoms with E-state index >= 15 is 0 Å². The molecule has 22 heavy (non-hydrogen) atoms. The van der Waals surface area contributed by atoms with Crippen LogP contribution in [0.15, 0.2) is 53.5 Å². The smallest absolute Gasteiger partial charge is 0.338 e. The third kappa shape index (κ3) is 2.16. The molecule has 110 valence electrons. The quantitative estimate of drug-likeness (QED) is 0.790. The maximum absolute atomic E-state index is 14.1. The number of aromatic carboxylic acids is 1. The SMILES string of the molecule is Cc1c(C(=O)O)c2cc(=O)cc(F)c-2cn1-c1ccccc1. The summed E-state index contributed by atoms with van der Waals surface area (Å²) >= 11 is 0. The predicted molar refractivity (Wildman–Crippen MR) is 80.3 cm³/mol. The molecule has 0 amide bonds. The third-order valence-corrected chi connectivity index (χ3v) is 3.60. The molecule has 0 saturated carbocycles. The zero-order chi connectivity index (χ0) is 15.9. The van der Waals surface area contributed by atoms with Crippen LogP contribution in [0.25, 0.3) is 16.8 Å². The summed E-state index contributed by atoms with van der Waals surface area (Å²) in [4.78, 5) is 23.1. The maximum Gasteiger partial charge on any atom is 0.338 e. The number of carbonyl (C=O) groups is 1. The van der Waals surface area contributed by atoms with E-state index in [4.69, 9.17) is 0 Å². The first-order valence-electron chi connectivity index (χ1n) is 6.63. The molecule has 4 nitrogen and oxygen atoms in total. The molecule has 5 heteroatoms. The van der Waals surface area contributed by atoms with Crippen molar-refractivity contribution in [2.75, 3.05) is 0 Å². The van der Waals surface area contributed by atoms with E-state index in [1.165, 1.54) is 6.20 Å². The van der Waals surface area contributed by atoms with Gasteiger partial charge in [0.25, 0.3) is 0 Å². The molecule has 0 aromatic heterocycles. The molecular weight excluding hydrogens is 285 g/mol. The van der Waals surface area contributed by atoms with Crippen LogP contribution in [-0.2, 0) is 0 Å². The molecule has 0 radical (unpaired) electrons. The second kappa shape index (κ2) is 5.11. The topological polar surface area (TPSA) is 59.3 Å². The van der Waals surface area contributed by atoms with Crippen molar-refractivity contribution in [1.82, 2.24) is 4.57 Å². The van der Waals surface area contributed by atoms with Crippen LogP contribution >= 0.6 is 0 Å². The Morgan fingerprint density at radius 1 is 1.14 bits per heavy atom. The van der Waals surface area contributed by atoms with E-state index in [2.05, 4.69) is 0 Å². The van der Waals surface area contributed by atoms with Gasteiger partial charge in [0.15, 0.2) is 5.43 Å². The molecule has 1 aliphatic carbocycles. The van der Waals surface area contributed by atoms with Crippen molar-refractivity contribution < 1.29 is 14.3 Å². The molecule has 1 aromatic rings. The van der Waals surface area contributed by atoms with Crippen LogP contribution in [0.4, 0.5) is 4.39 Å². The number of carboxylic acids is 1. The van der Waals surface area contributed by atoms with E-state index in [0.29, 0.717) is 5.69 Å². The average Bonchev–Trinajstić information content (AvgIpc) is 2.47. The van der Waals surface area contributed by atoms with E-state index in [9.17, 15) is 19.1 Å². The molecule has 2 aliphatic rings. The predicted octanol–water partition coefficient (Wildman–Crippen LogP) is 3.09. The number of nitrogens with zero attached hydrogens (tertiary/aromatic N) is 1. The summed E-state index contributed by atoms with van der Waals surface area (Å²) in [6.07, 6.45) is 1.52. The number of aromatic nitrogens is 1. The highest BCUT2D eigenvalue weighted by molar-refractivity contribution is 5.97. The summed E-state index contributed by atoms with van der Waals surface area (Å²) in [5.74, 6) is -1.92. The van der Waals surface area contributed by atoms with Crippen LogP contribution in [-0.4, -0.2) is 15.6 Å². The molecular formula is C17H12FNO3. The molecule has 1 heterocycles. The summed E-state index contributed by atoms with van der Waals surface area (Å²) in [5.41, 5.74) is 0.738. The lowest BCUT2D eigenvalue weighted by Gasteiger charge is -2.19. The van der Waals surface area contributed by atoms with Gasteiger partial charge >= 0.3 is 5.97 Å². The number of benzene rings is 2. The van der Waals surface area contributed by atoms with Gasteiger partial charge in [0.05, 0.1) is 5.56 Å². The molecule has 0 spiro atoms. The van der Waals surface area contributed by atoms with Gasteiger partial charge in [-0.2, -0.15) is 0 Å². The number of rotatable bonds is 2. The van der Waals surface area contributed by atoms with Crippen molar-refractivity contribution in [3.05, 3.63) is 76.0 Å². The van der Waals surface area contributed by atoms with Crippen molar-refractivity contribution >= 4 is 5.97 Å². The molecule has 3 rings (SSSR count). The first-order chi connectivity index (χ1) is 10.5. The van der Waals surface area contributed by atoms with Crippen molar-refractivity contribution in [1.29, 1.82) is 0 Å². The van der Waals surface area contributed by atoms with Crippen molar-refractivity contribution in [3.63, 3.8) is 0 Å². The van der Waals surface area contributed by atoms with Gasteiger partial charge in [-0.1, -0.05) is 18.2 Å². The summed E-state index contributed by atoms with van der Waals surface area (Å²) in [6, 6.07) is 11.1. The molecule has 1 aliphatic heterocycles. The van der Waals surface area contributed by atoms with E-state index in [1.54, 1.807) is 23.6 Å². The third-order valence-electron chi connectivity index (χ3n) is 3.60. The van der Waals surface area contributed by atoms with Crippen LogP contribution in [0.2, 0.25) is 0 Å². The largest absolute Gasteiger partial charge is 0.478 e. The Labute approximate surface area is 125 Å². The minimum absolute atomic E-state index is 0.0713. The average molecular weight is 297 g/mol. The number of fused-ring (bicyclic) bond motifs is 1. The lowest BCUT2D eigenvalue weighted by atomic mass is 9.97. The molecule has 0 fully saturated rings. The second-order valence-electron chi connectivity index (χ2n) is 4.97. The maximum atomic E-state index is 14.1. The first kappa shape index (κ1) is 14.0. The Hall–Kier alpha value is -2.95. The lowest BCUT2D eigenvalue weighted by molar-refractivity contribution is 0.0696. The fraction of sp³-hybridized carbons (Fsp3) is 0.0588. The van der Waals surface area contributed by atoms with E-state index in [0.717, 1.165) is 17.8 Å². The first-order valence-corrected chi connectivity index (χ1v) is 6.63. The van der Waals surface area contributed by atoms with E-state index < -0.39 is 17.2 Å². The van der Waals surface area contributed by atoms with Crippen molar-refractivity contribution in [3.8, 4) is 16.8 Å². The van der Waals surface area contributed by atoms with Gasteiger partial charge in [-0.25, -0.2) is 9.18 Å². The summed E-state index contributed by atoms with van der Waals surface area (Å²) in [5, 5.41) is 9.48. The highest BCUT2D eigenvalue weighted by Crippen LogP contribution is 2.31. The van der Waals surface area contributed by atoms with Crippen molar-refractivity contribution in [2.45, 2.75) is 6.92 Å². The van der Waals surface area contributed by atoms with E-state index in [1.807, 2.05) is 18.2 Å². The Balaban J connectivity index is 2.46. The summed E-state index contributed by atoms with van der Waals surface area (Å²) < 4.78 is 15.7. The van der Waals surface area contributed by atoms with Crippen LogP contribution in [0.3, 0.4) is 0 Å². The highest BCUT2D eigenvalue weighted by atomic mass is 19.1. The minimum atomic E-state index is -1.20. The fourth-order valence-electron chi connectivity index (χ4n) is 2.60. The van der Waals surface area contributed by atoms with Gasteiger partial charge in [-0.3, -0.25) is 4.79 Å². The Bertz CT molecular complexity index is 900. The van der Waals surface area contributed by atoms with Crippen LogP contribution < -0.4 is 5.43 Å². The molecule has 0 atom stereocenters. The van der Waals surface area contributed by atoms with Crippen LogP contribution in [0.1, 0.15) is 16.1 Å². The zero-order valence-corrected chi connectivity index (χ0v) is 11.7. The molecule has 0 saturated heterocycles. The molecule has 0 unspecified atom stereocenters. The number of hydrogen-bond acceptors (Lipinski definition) is 2. The van der Waals surface area contributed by atoms with Gasteiger partial charge in [0.2, 0.25) is 0 Å². The van der Waals surface area contributed by atoms with Gasteiger partial charge in [-0.15, -0.1) is 0 Å². The number of carboxylic acid groups (broad SMARTS) is 1. The normalized spacial score (nSPS) is 10.8. The second-order valence-corrected chi connectivity index (χ2v) is 4.97. The zero-order valence-electron chi connectivity index (χ0n) is 11.7. The number of halogens is 1. The molecule has 1 aromatic carbocycles. The van der Waals surface area contributed by atoms with E-state index in [-0.39, 0.29) is 16.7 Å². The molecule has 1 N–H and O–H groups in total. The van der Waals surface area contributed by atoms with Gasteiger partial charge < -0.3 is 9.67 Å². The number of pyridine rings is 1. The fourth-order valence-corrected chi connectivity index (χ4v) is 2.60. The van der Waals surface area contributed by atoms with Crippen LogP contribution in [0.5, 0.6) is 0 Å². The summed E-state index contributed by atoms with van der Waals surface area (Å²) in [7, 11) is 0. The van der Waals surface area contributed by atoms with Gasteiger partial charge in [0, 0.05) is 34.8 Å². The Morgan fingerprint density at radius 2 is 1.82 bits per heavy atom. The number of para-hydroxylation sites is 1. The minimum Gasteiger partial charge on any atom is -0.478 e. The lowest BCUT2D eigenvalue weighted by Crippen LogP contribution is -2.15. The standard InChI is InChI=1S/C17H12FNO3/c1-10-16(17(21)22)13-7-12(20)8-15(18)14(13)9-19(10)11-5-3-2-4-6-11/h2-9H,1H3,(H,21,22). The number of hydrogen-bond donors (Lipinski definition) is 1. The monoisotopic (exact) mass is 297 g/mol. The van der Waals surface area contributed by atoms with Gasteiger partial charge in [0.1, 0.15) is 5.82 Å². The Morgan fingerprint density at radius 3 is 2.45 bits per heavy atom. The van der Waals surface area contributed by atoms with Gasteiger partial charge in [-0.05, 0) is 25.1 Å². The van der Waals surface area contributed by atoms with Crippen LogP contribution in [0, 0.1) is 12.7 Å². The summed E-state index contributed by atoms with van der Waals surface area (Å²) in [6.45, 7) is 1.63.